The van der Waals surface area contributed by atoms with Gasteiger partial charge in [0.1, 0.15) is 5.82 Å². The lowest BCUT2D eigenvalue weighted by atomic mass is 10.1. The van der Waals surface area contributed by atoms with Crippen molar-refractivity contribution in [2.75, 3.05) is 13.1 Å². The Morgan fingerprint density at radius 2 is 2.24 bits per heavy atom. The van der Waals surface area contributed by atoms with E-state index in [4.69, 9.17) is 17.3 Å². The molecule has 96 valence electrons. The van der Waals surface area contributed by atoms with Gasteiger partial charge in [-0.1, -0.05) is 11.6 Å². The fourth-order valence-electron chi connectivity index (χ4n) is 2.14. The van der Waals surface area contributed by atoms with Gasteiger partial charge in [0.05, 0.1) is 0 Å². The van der Waals surface area contributed by atoms with E-state index in [1.54, 1.807) is 12.1 Å². The minimum Gasteiger partial charge on any atom is -0.327 e. The lowest BCUT2D eigenvalue weighted by Gasteiger charge is -2.30. The van der Waals surface area contributed by atoms with Crippen molar-refractivity contribution in [3.05, 3.63) is 34.6 Å². The number of hydrogen-bond acceptors (Lipinski definition) is 2. The standard InChI is InChI=1S/C12H16ClFN2.ClH/c13-10-3-4-12(14)9(6-10)7-16-5-1-2-11(15)8-16;/h3-4,6,11H,1-2,5,7-8,15H2;1H. The van der Waals surface area contributed by atoms with Gasteiger partial charge >= 0.3 is 0 Å². The largest absolute Gasteiger partial charge is 0.327 e. The van der Waals surface area contributed by atoms with Gasteiger partial charge < -0.3 is 5.73 Å². The summed E-state index contributed by atoms with van der Waals surface area (Å²) in [4.78, 5) is 2.18. The fraction of sp³-hybridized carbons (Fsp3) is 0.500. The van der Waals surface area contributed by atoms with Gasteiger partial charge in [0, 0.05) is 29.7 Å². The first-order valence-corrected chi connectivity index (χ1v) is 5.95. The van der Waals surface area contributed by atoms with Crippen LogP contribution in [0.1, 0.15) is 18.4 Å². The summed E-state index contributed by atoms with van der Waals surface area (Å²) in [7, 11) is 0. The molecule has 0 amide bonds. The van der Waals surface area contributed by atoms with E-state index in [9.17, 15) is 4.39 Å². The predicted molar refractivity (Wildman–Crippen MR) is 71.1 cm³/mol. The molecule has 17 heavy (non-hydrogen) atoms. The van der Waals surface area contributed by atoms with Crippen molar-refractivity contribution in [3.8, 4) is 0 Å². The van der Waals surface area contributed by atoms with E-state index in [1.807, 2.05) is 0 Å². The molecule has 1 fully saturated rings. The lowest BCUT2D eigenvalue weighted by Crippen LogP contribution is -2.42. The number of likely N-dealkylation sites (tertiary alicyclic amines) is 1. The van der Waals surface area contributed by atoms with Crippen molar-refractivity contribution >= 4 is 24.0 Å². The summed E-state index contributed by atoms with van der Waals surface area (Å²) in [6, 6.07) is 4.90. The Labute approximate surface area is 112 Å². The highest BCUT2D eigenvalue weighted by atomic mass is 35.5. The average Bonchev–Trinajstić information content (AvgIpc) is 2.24. The normalized spacial score (nSPS) is 21.0. The van der Waals surface area contributed by atoms with Crippen LogP contribution in [-0.2, 0) is 6.54 Å². The number of rotatable bonds is 2. The third-order valence-electron chi connectivity index (χ3n) is 2.94. The Kier molecular flexibility index (Phi) is 5.67. The molecule has 1 heterocycles. The van der Waals surface area contributed by atoms with Crippen molar-refractivity contribution in [1.82, 2.24) is 4.90 Å². The molecule has 0 spiro atoms. The van der Waals surface area contributed by atoms with Crippen LogP contribution in [-0.4, -0.2) is 24.0 Å². The molecule has 0 saturated carbocycles. The molecule has 1 aromatic rings. The molecule has 1 unspecified atom stereocenters. The molecule has 0 aromatic heterocycles. The fourth-order valence-corrected chi connectivity index (χ4v) is 2.33. The minimum atomic E-state index is -0.191. The van der Waals surface area contributed by atoms with Crippen LogP contribution in [0, 0.1) is 5.82 Å². The van der Waals surface area contributed by atoms with Crippen molar-refractivity contribution in [3.63, 3.8) is 0 Å². The van der Waals surface area contributed by atoms with Crippen LogP contribution < -0.4 is 5.73 Å². The van der Waals surface area contributed by atoms with E-state index in [0.29, 0.717) is 17.1 Å². The first-order valence-electron chi connectivity index (χ1n) is 5.57. The molecule has 0 aliphatic carbocycles. The summed E-state index contributed by atoms with van der Waals surface area (Å²) in [5.74, 6) is -0.191. The highest BCUT2D eigenvalue weighted by molar-refractivity contribution is 6.30. The van der Waals surface area contributed by atoms with Crippen molar-refractivity contribution in [1.29, 1.82) is 0 Å². The number of nitrogens with zero attached hydrogens (tertiary/aromatic N) is 1. The number of halogens is 3. The number of benzene rings is 1. The molecular formula is C12H17Cl2FN2. The van der Waals surface area contributed by atoms with E-state index in [-0.39, 0.29) is 24.3 Å². The third kappa shape index (κ3) is 4.11. The number of nitrogens with two attached hydrogens (primary N) is 1. The topological polar surface area (TPSA) is 29.3 Å². The van der Waals surface area contributed by atoms with Crippen LogP contribution in [0.25, 0.3) is 0 Å². The van der Waals surface area contributed by atoms with E-state index in [2.05, 4.69) is 4.90 Å². The molecule has 2 rings (SSSR count). The third-order valence-corrected chi connectivity index (χ3v) is 3.18. The van der Waals surface area contributed by atoms with Gasteiger partial charge in [-0.2, -0.15) is 0 Å². The molecular weight excluding hydrogens is 262 g/mol. The van der Waals surface area contributed by atoms with Crippen LogP contribution >= 0.6 is 24.0 Å². The van der Waals surface area contributed by atoms with Crippen molar-refractivity contribution in [2.45, 2.75) is 25.4 Å². The molecule has 1 atom stereocenters. The van der Waals surface area contributed by atoms with Crippen LogP contribution in [0.3, 0.4) is 0 Å². The van der Waals surface area contributed by atoms with Gasteiger partial charge in [-0.3, -0.25) is 4.90 Å². The SMILES string of the molecule is Cl.NC1CCCN(Cc2cc(Cl)ccc2F)C1. The zero-order valence-electron chi connectivity index (χ0n) is 9.53. The molecule has 2 nitrogen and oxygen atoms in total. The number of piperidine rings is 1. The molecule has 1 aromatic carbocycles. The lowest BCUT2D eigenvalue weighted by molar-refractivity contribution is 0.199. The Morgan fingerprint density at radius 1 is 1.47 bits per heavy atom. The summed E-state index contributed by atoms with van der Waals surface area (Å²) in [5.41, 5.74) is 6.54. The zero-order valence-corrected chi connectivity index (χ0v) is 11.1. The van der Waals surface area contributed by atoms with Gasteiger partial charge in [0.15, 0.2) is 0 Å². The molecule has 1 aliphatic rings. The smallest absolute Gasteiger partial charge is 0.127 e. The summed E-state index contributed by atoms with van der Waals surface area (Å²) in [6.07, 6.45) is 2.15. The van der Waals surface area contributed by atoms with Crippen LogP contribution in [0.2, 0.25) is 5.02 Å². The maximum absolute atomic E-state index is 13.5. The van der Waals surface area contributed by atoms with Crippen molar-refractivity contribution in [2.24, 2.45) is 5.73 Å². The summed E-state index contributed by atoms with van der Waals surface area (Å²) < 4.78 is 13.5. The molecule has 5 heteroatoms. The van der Waals surface area contributed by atoms with E-state index < -0.39 is 0 Å². The van der Waals surface area contributed by atoms with E-state index >= 15 is 0 Å². The van der Waals surface area contributed by atoms with Gasteiger partial charge in [0.25, 0.3) is 0 Å². The van der Waals surface area contributed by atoms with Gasteiger partial charge in [-0.15, -0.1) is 12.4 Å². The molecule has 1 aliphatic heterocycles. The molecule has 1 saturated heterocycles. The van der Waals surface area contributed by atoms with E-state index in [0.717, 1.165) is 25.9 Å². The maximum Gasteiger partial charge on any atom is 0.127 e. The maximum atomic E-state index is 13.5. The number of hydrogen-bond donors (Lipinski definition) is 1. The Bertz CT molecular complexity index is 374. The molecule has 0 radical (unpaired) electrons. The average molecular weight is 279 g/mol. The van der Waals surface area contributed by atoms with Gasteiger partial charge in [-0.25, -0.2) is 4.39 Å². The first-order chi connectivity index (χ1) is 7.65. The minimum absolute atomic E-state index is 0. The Morgan fingerprint density at radius 3 is 2.94 bits per heavy atom. The predicted octanol–water partition coefficient (Wildman–Crippen LogP) is 2.82. The Balaban J connectivity index is 0.00000144. The van der Waals surface area contributed by atoms with Gasteiger partial charge in [-0.05, 0) is 37.6 Å². The second-order valence-corrected chi connectivity index (χ2v) is 4.81. The first kappa shape index (κ1) is 14.7. The van der Waals surface area contributed by atoms with Crippen LogP contribution in [0.5, 0.6) is 0 Å². The quantitative estimate of drug-likeness (QED) is 0.902. The molecule has 0 bridgehead atoms. The monoisotopic (exact) mass is 278 g/mol. The van der Waals surface area contributed by atoms with Crippen molar-refractivity contribution < 1.29 is 4.39 Å². The summed E-state index contributed by atoms with van der Waals surface area (Å²) >= 11 is 5.85. The summed E-state index contributed by atoms with van der Waals surface area (Å²) in [5, 5.41) is 0.581. The van der Waals surface area contributed by atoms with Crippen LogP contribution in [0.15, 0.2) is 18.2 Å². The summed E-state index contributed by atoms with van der Waals surface area (Å²) in [6.45, 7) is 2.42. The zero-order chi connectivity index (χ0) is 11.5. The van der Waals surface area contributed by atoms with E-state index in [1.165, 1.54) is 6.07 Å². The highest BCUT2D eigenvalue weighted by Crippen LogP contribution is 2.18. The molecule has 2 N–H and O–H groups in total. The second kappa shape index (κ2) is 6.55. The second-order valence-electron chi connectivity index (χ2n) is 4.37. The Hall–Kier alpha value is -0.350. The highest BCUT2D eigenvalue weighted by Gasteiger charge is 2.17. The van der Waals surface area contributed by atoms with Gasteiger partial charge in [0.2, 0.25) is 0 Å². The van der Waals surface area contributed by atoms with Crippen LogP contribution in [0.4, 0.5) is 4.39 Å².